The van der Waals surface area contributed by atoms with Gasteiger partial charge in [0.1, 0.15) is 12.1 Å². The molecule has 1 heterocycles. The van der Waals surface area contributed by atoms with Gasteiger partial charge in [-0.3, -0.25) is 4.79 Å². The second-order valence-corrected chi connectivity index (χ2v) is 6.73. The molecule has 1 saturated heterocycles. The molecule has 1 aliphatic heterocycles. The van der Waals surface area contributed by atoms with Gasteiger partial charge in [-0.05, 0) is 36.8 Å². The van der Waals surface area contributed by atoms with E-state index in [1.165, 1.54) is 12.5 Å². The van der Waals surface area contributed by atoms with Crippen molar-refractivity contribution < 1.29 is 14.3 Å². The SMILES string of the molecule is CC.CC.CC.CC(=O)N1CCC[C@H]1C(=O)O[C@H](CCc1ccccc1)c1ccccc1. The molecule has 0 aromatic heterocycles. The maximum absolute atomic E-state index is 12.7. The number of hydrogen-bond acceptors (Lipinski definition) is 3. The van der Waals surface area contributed by atoms with Crippen molar-refractivity contribution in [2.45, 2.75) is 86.3 Å². The monoisotopic (exact) mass is 441 g/mol. The van der Waals surface area contributed by atoms with Crippen LogP contribution in [0.15, 0.2) is 60.7 Å². The largest absolute Gasteiger partial charge is 0.456 e. The van der Waals surface area contributed by atoms with Crippen LogP contribution in [0.2, 0.25) is 0 Å². The molecule has 2 atom stereocenters. The van der Waals surface area contributed by atoms with E-state index in [0.717, 1.165) is 18.4 Å². The van der Waals surface area contributed by atoms with Gasteiger partial charge in [0, 0.05) is 13.5 Å². The van der Waals surface area contributed by atoms with Gasteiger partial charge in [0.25, 0.3) is 0 Å². The number of carbonyl (C=O) groups is 2. The summed E-state index contributed by atoms with van der Waals surface area (Å²) in [6, 6.07) is 19.6. The van der Waals surface area contributed by atoms with Crippen molar-refractivity contribution in [3.8, 4) is 0 Å². The lowest BCUT2D eigenvalue weighted by Crippen LogP contribution is -2.40. The van der Waals surface area contributed by atoms with Crippen LogP contribution in [0.3, 0.4) is 0 Å². The van der Waals surface area contributed by atoms with Crippen LogP contribution in [0.4, 0.5) is 0 Å². The highest BCUT2D eigenvalue weighted by atomic mass is 16.5. The van der Waals surface area contributed by atoms with E-state index in [0.29, 0.717) is 19.4 Å². The maximum atomic E-state index is 12.7. The predicted octanol–water partition coefficient (Wildman–Crippen LogP) is 6.99. The molecule has 32 heavy (non-hydrogen) atoms. The summed E-state index contributed by atoms with van der Waals surface area (Å²) in [5, 5.41) is 0. The minimum absolute atomic E-state index is 0.0648. The molecule has 178 valence electrons. The topological polar surface area (TPSA) is 46.6 Å². The van der Waals surface area contributed by atoms with Gasteiger partial charge in [-0.15, -0.1) is 0 Å². The summed E-state index contributed by atoms with van der Waals surface area (Å²) in [6.07, 6.45) is 2.76. The molecule has 0 aliphatic carbocycles. The van der Waals surface area contributed by atoms with Gasteiger partial charge in [0.15, 0.2) is 0 Å². The van der Waals surface area contributed by atoms with Crippen molar-refractivity contribution in [2.75, 3.05) is 6.54 Å². The van der Waals surface area contributed by atoms with Crippen LogP contribution in [-0.4, -0.2) is 29.4 Å². The number of esters is 1. The molecule has 0 spiro atoms. The van der Waals surface area contributed by atoms with Gasteiger partial charge >= 0.3 is 5.97 Å². The van der Waals surface area contributed by atoms with E-state index < -0.39 is 6.04 Å². The van der Waals surface area contributed by atoms with Gasteiger partial charge in [-0.25, -0.2) is 4.79 Å². The predicted molar refractivity (Wildman–Crippen MR) is 134 cm³/mol. The molecule has 0 N–H and O–H groups in total. The standard InChI is InChI=1S/C22H25NO3.3C2H6/c1-17(24)23-16-8-13-20(23)22(25)26-21(19-11-6-3-7-12-19)15-14-18-9-4-2-5-10-18;3*1-2/h2-7,9-12,20-21H,8,13-16H2,1H3;3*1-2H3/t20-,21+;;;/m0.../s1. The molecule has 1 amide bonds. The molecule has 2 aromatic carbocycles. The Labute approximate surface area is 196 Å². The fourth-order valence-electron chi connectivity index (χ4n) is 3.51. The molecule has 4 heteroatoms. The molecule has 0 bridgehead atoms. The normalized spacial score (nSPS) is 15.0. The zero-order valence-electron chi connectivity index (χ0n) is 21.1. The molecule has 1 fully saturated rings. The molecular weight excluding hydrogens is 398 g/mol. The first kappa shape index (κ1) is 29.4. The number of benzene rings is 2. The van der Waals surface area contributed by atoms with Gasteiger partial charge in [-0.2, -0.15) is 0 Å². The van der Waals surface area contributed by atoms with Crippen LogP contribution in [0.1, 0.15) is 85.0 Å². The number of amides is 1. The average molecular weight is 442 g/mol. The number of carbonyl (C=O) groups excluding carboxylic acids is 2. The third kappa shape index (κ3) is 9.67. The highest BCUT2D eigenvalue weighted by Crippen LogP contribution is 2.27. The Hall–Kier alpha value is -2.62. The Morgan fingerprint density at radius 2 is 1.44 bits per heavy atom. The Morgan fingerprint density at radius 1 is 0.906 bits per heavy atom. The van der Waals surface area contributed by atoms with Crippen LogP contribution in [0, 0.1) is 0 Å². The number of nitrogens with zero attached hydrogens (tertiary/aromatic N) is 1. The van der Waals surface area contributed by atoms with Crippen molar-refractivity contribution in [3.63, 3.8) is 0 Å². The van der Waals surface area contributed by atoms with E-state index in [4.69, 9.17) is 4.74 Å². The van der Waals surface area contributed by atoms with Gasteiger partial charge in [-0.1, -0.05) is 102 Å². The second-order valence-electron chi connectivity index (χ2n) is 6.73. The summed E-state index contributed by atoms with van der Waals surface area (Å²) in [5.41, 5.74) is 2.21. The fourth-order valence-corrected chi connectivity index (χ4v) is 3.51. The number of likely N-dealkylation sites (tertiary alicyclic amines) is 1. The van der Waals surface area contributed by atoms with E-state index in [1.54, 1.807) is 4.90 Å². The summed E-state index contributed by atoms with van der Waals surface area (Å²) < 4.78 is 5.89. The first-order valence-electron chi connectivity index (χ1n) is 12.2. The molecular formula is C28H43NO3. The molecule has 3 rings (SSSR count). The van der Waals surface area contributed by atoms with Crippen LogP contribution in [0.25, 0.3) is 0 Å². The molecule has 0 radical (unpaired) electrons. The van der Waals surface area contributed by atoms with Crippen LogP contribution in [0.5, 0.6) is 0 Å². The highest BCUT2D eigenvalue weighted by Gasteiger charge is 2.35. The zero-order valence-corrected chi connectivity index (χ0v) is 21.1. The van der Waals surface area contributed by atoms with E-state index >= 15 is 0 Å². The van der Waals surface area contributed by atoms with E-state index in [1.807, 2.05) is 90.1 Å². The molecule has 1 aliphatic rings. The average Bonchev–Trinajstić information content (AvgIpc) is 3.37. The van der Waals surface area contributed by atoms with E-state index in [-0.39, 0.29) is 18.0 Å². The Bertz CT molecular complexity index is 731. The van der Waals surface area contributed by atoms with Crippen molar-refractivity contribution in [1.82, 2.24) is 4.90 Å². The smallest absolute Gasteiger partial charge is 0.329 e. The first-order chi connectivity index (χ1) is 15.6. The summed E-state index contributed by atoms with van der Waals surface area (Å²) in [7, 11) is 0. The van der Waals surface area contributed by atoms with Gasteiger partial charge in [0.05, 0.1) is 0 Å². The summed E-state index contributed by atoms with van der Waals surface area (Å²) in [6.45, 7) is 14.1. The first-order valence-corrected chi connectivity index (χ1v) is 12.2. The van der Waals surface area contributed by atoms with Crippen LogP contribution in [-0.2, 0) is 20.7 Å². The van der Waals surface area contributed by atoms with Crippen molar-refractivity contribution >= 4 is 11.9 Å². The molecule has 0 saturated carbocycles. The summed E-state index contributed by atoms with van der Waals surface area (Å²) >= 11 is 0. The maximum Gasteiger partial charge on any atom is 0.329 e. The lowest BCUT2D eigenvalue weighted by Gasteiger charge is -2.25. The highest BCUT2D eigenvalue weighted by molar-refractivity contribution is 5.84. The number of rotatable bonds is 6. The number of hydrogen-bond donors (Lipinski definition) is 0. The molecule has 4 nitrogen and oxygen atoms in total. The number of ether oxygens (including phenoxy) is 1. The van der Waals surface area contributed by atoms with Gasteiger partial charge < -0.3 is 9.64 Å². The third-order valence-electron chi connectivity index (χ3n) is 4.90. The number of aryl methyl sites for hydroxylation is 1. The zero-order chi connectivity index (χ0) is 24.4. The quantitative estimate of drug-likeness (QED) is 0.454. The summed E-state index contributed by atoms with van der Waals surface area (Å²) in [5.74, 6) is -0.357. The van der Waals surface area contributed by atoms with Crippen LogP contribution < -0.4 is 0 Å². The van der Waals surface area contributed by atoms with E-state index in [2.05, 4.69) is 12.1 Å². The minimum Gasteiger partial charge on any atom is -0.456 e. The third-order valence-corrected chi connectivity index (χ3v) is 4.90. The lowest BCUT2D eigenvalue weighted by atomic mass is 10.0. The van der Waals surface area contributed by atoms with Crippen molar-refractivity contribution in [3.05, 3.63) is 71.8 Å². The molecule has 2 aromatic rings. The van der Waals surface area contributed by atoms with E-state index in [9.17, 15) is 9.59 Å². The van der Waals surface area contributed by atoms with Gasteiger partial charge in [0.2, 0.25) is 5.91 Å². The van der Waals surface area contributed by atoms with Crippen LogP contribution >= 0.6 is 0 Å². The molecule has 0 unspecified atom stereocenters. The Morgan fingerprint density at radius 3 is 1.97 bits per heavy atom. The van der Waals surface area contributed by atoms with Crippen molar-refractivity contribution in [1.29, 1.82) is 0 Å². The Balaban J connectivity index is 0.00000148. The fraction of sp³-hybridized carbons (Fsp3) is 0.500. The Kier molecular flexibility index (Phi) is 16.5. The van der Waals surface area contributed by atoms with Crippen molar-refractivity contribution in [2.24, 2.45) is 0 Å². The minimum atomic E-state index is -0.449. The second kappa shape index (κ2) is 18.0. The lowest BCUT2D eigenvalue weighted by molar-refractivity contribution is -0.158. The summed E-state index contributed by atoms with van der Waals surface area (Å²) in [4.78, 5) is 26.1.